The van der Waals surface area contributed by atoms with Gasteiger partial charge in [0.2, 0.25) is 5.91 Å². The fourth-order valence-electron chi connectivity index (χ4n) is 2.92. The number of hydrogen-bond donors (Lipinski definition) is 5. The number of nitrogens with one attached hydrogen (secondary N) is 2. The smallest absolute Gasteiger partial charge is 0.258 e. The molecule has 0 radical (unpaired) electrons. The van der Waals surface area contributed by atoms with Crippen LogP contribution >= 0.6 is 0 Å². The number of aromatic nitrogens is 1. The molecule has 154 valence electrons. The summed E-state index contributed by atoms with van der Waals surface area (Å²) in [6, 6.07) is 2.13. The highest BCUT2D eigenvalue weighted by Crippen LogP contribution is 2.35. The molecule has 1 aromatic heterocycles. The number of aliphatic hydroxyl groups excluding tert-OH is 1. The zero-order chi connectivity index (χ0) is 20.7. The van der Waals surface area contributed by atoms with E-state index in [9.17, 15) is 18.7 Å². The Morgan fingerprint density at radius 3 is 2.96 bits per heavy atom. The van der Waals surface area contributed by atoms with E-state index in [0.717, 1.165) is 0 Å². The molecule has 8 nitrogen and oxygen atoms in total. The third-order valence-corrected chi connectivity index (χ3v) is 4.67. The molecule has 2 rings (SSSR count). The fraction of sp³-hybridized carbons (Fsp3) is 0.500. The summed E-state index contributed by atoms with van der Waals surface area (Å²) in [6.45, 7) is 1.88. The Balaban J connectivity index is 2.01. The number of nitrogens with two attached hydrogens (primary N) is 1. The molecular formula is C18H26F2N5O3+. The molecule has 1 aliphatic heterocycles. The molecule has 0 aromatic carbocycles. The van der Waals surface area contributed by atoms with Crippen LogP contribution in [-0.2, 0) is 4.79 Å². The SMILES string of the molecule is C[C@@H](C(=O)Nc1ccc(O)cn1)N1CCC(F)(F)[C@H](C(=N)/C=C\[NH2+]CCO)C1. The van der Waals surface area contributed by atoms with E-state index in [-0.39, 0.29) is 37.0 Å². The van der Waals surface area contributed by atoms with Crippen molar-refractivity contribution < 1.29 is 29.1 Å². The molecule has 1 amide bonds. The number of amides is 1. The number of alkyl halides is 2. The van der Waals surface area contributed by atoms with Crippen LogP contribution in [0, 0.1) is 11.3 Å². The van der Waals surface area contributed by atoms with Gasteiger partial charge in [0.1, 0.15) is 18.1 Å². The van der Waals surface area contributed by atoms with E-state index in [1.807, 2.05) is 0 Å². The van der Waals surface area contributed by atoms with E-state index < -0.39 is 30.2 Å². The van der Waals surface area contributed by atoms with E-state index >= 15 is 0 Å². The number of quaternary nitrogens is 1. The molecule has 28 heavy (non-hydrogen) atoms. The van der Waals surface area contributed by atoms with Crippen LogP contribution in [0.15, 0.2) is 30.6 Å². The Morgan fingerprint density at radius 1 is 1.57 bits per heavy atom. The van der Waals surface area contributed by atoms with Crippen LogP contribution in [0.25, 0.3) is 0 Å². The van der Waals surface area contributed by atoms with Crippen molar-refractivity contribution in [2.45, 2.75) is 25.3 Å². The van der Waals surface area contributed by atoms with Crippen molar-refractivity contribution in [3.05, 3.63) is 30.6 Å². The highest BCUT2D eigenvalue weighted by Gasteiger charge is 2.47. The minimum atomic E-state index is -3.02. The van der Waals surface area contributed by atoms with Gasteiger partial charge in [0.05, 0.1) is 31.0 Å². The highest BCUT2D eigenvalue weighted by molar-refractivity contribution is 5.95. The second kappa shape index (κ2) is 9.67. The Kier molecular flexibility index (Phi) is 7.55. The van der Waals surface area contributed by atoms with Crippen LogP contribution in [0.1, 0.15) is 13.3 Å². The zero-order valence-corrected chi connectivity index (χ0v) is 15.6. The molecule has 6 N–H and O–H groups in total. The summed E-state index contributed by atoms with van der Waals surface area (Å²) in [5, 5.41) is 30.2. The van der Waals surface area contributed by atoms with Gasteiger partial charge in [0.25, 0.3) is 5.92 Å². The normalized spacial score (nSPS) is 20.8. The van der Waals surface area contributed by atoms with Gasteiger partial charge in [-0.3, -0.25) is 9.69 Å². The molecule has 1 fully saturated rings. The van der Waals surface area contributed by atoms with Gasteiger partial charge in [-0.25, -0.2) is 13.8 Å². The lowest BCUT2D eigenvalue weighted by Crippen LogP contribution is -2.79. The molecule has 1 aliphatic rings. The van der Waals surface area contributed by atoms with E-state index in [2.05, 4.69) is 10.3 Å². The topological polar surface area (TPSA) is 126 Å². The first-order chi connectivity index (χ1) is 13.2. The average molecular weight is 398 g/mol. The van der Waals surface area contributed by atoms with Crippen LogP contribution < -0.4 is 10.6 Å². The summed E-state index contributed by atoms with van der Waals surface area (Å²) >= 11 is 0. The monoisotopic (exact) mass is 398 g/mol. The molecule has 0 unspecified atom stereocenters. The van der Waals surface area contributed by atoms with Gasteiger partial charge in [-0.15, -0.1) is 0 Å². The van der Waals surface area contributed by atoms with Gasteiger partial charge >= 0.3 is 0 Å². The first kappa shape index (κ1) is 21.9. The fourth-order valence-corrected chi connectivity index (χ4v) is 2.92. The number of rotatable bonds is 8. The van der Waals surface area contributed by atoms with E-state index in [1.165, 1.54) is 30.6 Å². The number of carbonyl (C=O) groups excluding carboxylic acids is 1. The van der Waals surface area contributed by atoms with Gasteiger partial charge in [-0.2, -0.15) is 0 Å². The van der Waals surface area contributed by atoms with E-state index in [1.54, 1.807) is 17.1 Å². The lowest BCUT2D eigenvalue weighted by molar-refractivity contribution is -0.589. The summed E-state index contributed by atoms with van der Waals surface area (Å²) in [7, 11) is 0. The second-order valence-corrected chi connectivity index (χ2v) is 6.69. The molecule has 0 bridgehead atoms. The Hall–Kier alpha value is -2.43. The summed E-state index contributed by atoms with van der Waals surface area (Å²) < 4.78 is 28.7. The first-order valence-electron chi connectivity index (χ1n) is 9.01. The van der Waals surface area contributed by atoms with E-state index in [0.29, 0.717) is 6.54 Å². The Labute approximate surface area is 161 Å². The zero-order valence-electron chi connectivity index (χ0n) is 15.6. The van der Waals surface area contributed by atoms with Gasteiger partial charge in [-0.1, -0.05) is 0 Å². The summed E-state index contributed by atoms with van der Waals surface area (Å²) in [5.41, 5.74) is -0.211. The number of nitrogens with zero attached hydrogens (tertiary/aromatic N) is 2. The minimum absolute atomic E-state index is 0.0325. The lowest BCUT2D eigenvalue weighted by atomic mass is 9.88. The maximum Gasteiger partial charge on any atom is 0.258 e. The predicted octanol–water partition coefficient (Wildman–Crippen LogP) is 0.161. The summed E-state index contributed by atoms with van der Waals surface area (Å²) in [4.78, 5) is 17.9. The Morgan fingerprint density at radius 2 is 2.32 bits per heavy atom. The van der Waals surface area contributed by atoms with Gasteiger partial charge in [-0.05, 0) is 19.1 Å². The number of aromatic hydroxyl groups is 1. The standard InChI is InChI=1S/C18H25F2N5O3/c1-12(17(28)24-16-3-2-13(27)10-23-16)25-8-5-18(19,20)14(11-25)15(21)4-6-22-7-9-26/h2-4,6,10,12,14,21-22,26-27H,5,7-9,11H2,1H3,(H,23,24,28)/p+1/b6-4-,21-15?/t12-,14-/m0/s1. The third kappa shape index (κ3) is 5.78. The number of piperidine rings is 1. The van der Waals surface area contributed by atoms with Crippen LogP contribution in [0.5, 0.6) is 5.75 Å². The molecule has 1 saturated heterocycles. The maximum absolute atomic E-state index is 14.3. The van der Waals surface area contributed by atoms with Crippen molar-refractivity contribution >= 4 is 17.4 Å². The van der Waals surface area contributed by atoms with Crippen LogP contribution in [-0.4, -0.2) is 69.9 Å². The quantitative estimate of drug-likeness (QED) is 0.315. The molecule has 0 saturated carbocycles. The van der Waals surface area contributed by atoms with Gasteiger partial charge in [0, 0.05) is 31.3 Å². The van der Waals surface area contributed by atoms with Crippen molar-refractivity contribution in [2.75, 3.05) is 31.6 Å². The number of aliphatic hydroxyl groups is 1. The Bertz CT molecular complexity index is 712. The number of anilines is 1. The largest absolute Gasteiger partial charge is 0.506 e. The molecule has 1 aromatic rings. The first-order valence-corrected chi connectivity index (χ1v) is 9.01. The van der Waals surface area contributed by atoms with Crippen LogP contribution in [0.3, 0.4) is 0 Å². The highest BCUT2D eigenvalue weighted by atomic mass is 19.3. The molecule has 2 heterocycles. The van der Waals surface area contributed by atoms with Crippen molar-refractivity contribution in [2.24, 2.45) is 5.92 Å². The summed E-state index contributed by atoms with van der Waals surface area (Å²) in [6.07, 6.45) is 3.55. The van der Waals surface area contributed by atoms with Crippen molar-refractivity contribution in [1.82, 2.24) is 9.88 Å². The summed E-state index contributed by atoms with van der Waals surface area (Å²) in [5.74, 6) is -4.52. The number of likely N-dealkylation sites (tertiary alicyclic amines) is 1. The molecular weight excluding hydrogens is 372 g/mol. The van der Waals surface area contributed by atoms with Crippen molar-refractivity contribution in [3.63, 3.8) is 0 Å². The molecule has 0 aliphatic carbocycles. The second-order valence-electron chi connectivity index (χ2n) is 6.69. The van der Waals surface area contributed by atoms with Crippen LogP contribution in [0.4, 0.5) is 14.6 Å². The number of carbonyl (C=O) groups is 1. The number of halogens is 2. The molecule has 10 heteroatoms. The van der Waals surface area contributed by atoms with Gasteiger partial charge < -0.3 is 26.3 Å². The van der Waals surface area contributed by atoms with Gasteiger partial charge in [0.15, 0.2) is 0 Å². The lowest BCUT2D eigenvalue weighted by Gasteiger charge is -2.40. The van der Waals surface area contributed by atoms with Crippen LogP contribution in [0.2, 0.25) is 0 Å². The van der Waals surface area contributed by atoms with Crippen molar-refractivity contribution in [1.29, 1.82) is 5.41 Å². The molecule has 2 atom stereocenters. The third-order valence-electron chi connectivity index (χ3n) is 4.67. The predicted molar refractivity (Wildman–Crippen MR) is 99.4 cm³/mol. The minimum Gasteiger partial charge on any atom is -0.506 e. The van der Waals surface area contributed by atoms with E-state index in [4.69, 9.17) is 10.5 Å². The number of pyridine rings is 1. The maximum atomic E-state index is 14.3. The number of allylic oxidation sites excluding steroid dienone is 1. The number of hydrogen-bond acceptors (Lipinski definition) is 6. The van der Waals surface area contributed by atoms with Crippen molar-refractivity contribution in [3.8, 4) is 5.75 Å². The molecule has 0 spiro atoms. The average Bonchev–Trinajstić information content (AvgIpc) is 2.66.